The van der Waals surface area contributed by atoms with Crippen LogP contribution in [0.15, 0.2) is 42.5 Å². The lowest BCUT2D eigenvalue weighted by Crippen LogP contribution is -2.41. The molecule has 0 spiro atoms. The number of alkyl halides is 3. The highest BCUT2D eigenvalue weighted by Crippen LogP contribution is 2.41. The van der Waals surface area contributed by atoms with Crippen LogP contribution in [-0.4, -0.2) is 25.3 Å². The van der Waals surface area contributed by atoms with Gasteiger partial charge in [0.05, 0.1) is 11.8 Å². The summed E-state index contributed by atoms with van der Waals surface area (Å²) in [7, 11) is 0. The average Bonchev–Trinajstić information content (AvgIpc) is 2.61. The Kier molecular flexibility index (Phi) is 5.24. The molecule has 1 heterocycles. The maximum absolute atomic E-state index is 13.3. The minimum Gasteiger partial charge on any atom is -0.486 e. The Morgan fingerprint density at radius 1 is 1.07 bits per heavy atom. The molecule has 0 bridgehead atoms. The topological polar surface area (TPSA) is 47.6 Å². The zero-order valence-corrected chi connectivity index (χ0v) is 15.2. The SMILES string of the molecule is CC(CC(F)(F)F)(C(=O)Nc1ccc(Cl)cc1)c1ccc2c(c1)OCCO2. The minimum absolute atomic E-state index is 0.190. The molecule has 0 saturated heterocycles. The summed E-state index contributed by atoms with van der Waals surface area (Å²) in [6.07, 6.45) is -5.86. The number of hydrogen-bond acceptors (Lipinski definition) is 3. The molecule has 1 unspecified atom stereocenters. The molecule has 2 aromatic carbocycles. The van der Waals surface area contributed by atoms with Gasteiger partial charge in [-0.3, -0.25) is 4.79 Å². The fourth-order valence-corrected chi connectivity index (χ4v) is 3.03. The Morgan fingerprint density at radius 3 is 2.33 bits per heavy atom. The Labute approximate surface area is 159 Å². The van der Waals surface area contributed by atoms with Gasteiger partial charge in [-0.25, -0.2) is 0 Å². The lowest BCUT2D eigenvalue weighted by atomic mass is 9.78. The summed E-state index contributed by atoms with van der Waals surface area (Å²) < 4.78 is 50.7. The van der Waals surface area contributed by atoms with E-state index in [4.69, 9.17) is 21.1 Å². The second kappa shape index (κ2) is 7.31. The summed E-state index contributed by atoms with van der Waals surface area (Å²) >= 11 is 5.80. The molecule has 144 valence electrons. The number of rotatable bonds is 4. The predicted octanol–water partition coefficient (Wildman–Crippen LogP) is 4.96. The maximum Gasteiger partial charge on any atom is 0.390 e. The highest BCUT2D eigenvalue weighted by Gasteiger charge is 2.46. The van der Waals surface area contributed by atoms with Crippen molar-refractivity contribution in [1.29, 1.82) is 0 Å². The molecule has 8 heteroatoms. The third kappa shape index (κ3) is 4.47. The Morgan fingerprint density at radius 2 is 1.70 bits per heavy atom. The first kappa shape index (κ1) is 19.4. The molecule has 1 aliphatic rings. The second-order valence-electron chi connectivity index (χ2n) is 6.44. The average molecular weight is 400 g/mol. The van der Waals surface area contributed by atoms with Crippen molar-refractivity contribution in [3.05, 3.63) is 53.1 Å². The number of halogens is 4. The van der Waals surface area contributed by atoms with Gasteiger partial charge in [0.1, 0.15) is 13.2 Å². The molecule has 1 N–H and O–H groups in total. The smallest absolute Gasteiger partial charge is 0.390 e. The number of benzene rings is 2. The van der Waals surface area contributed by atoms with E-state index in [2.05, 4.69) is 5.32 Å². The maximum atomic E-state index is 13.3. The summed E-state index contributed by atoms with van der Waals surface area (Å²) in [5.41, 5.74) is -1.31. The Hall–Kier alpha value is -2.41. The van der Waals surface area contributed by atoms with Crippen molar-refractivity contribution in [3.63, 3.8) is 0 Å². The monoisotopic (exact) mass is 399 g/mol. The lowest BCUT2D eigenvalue weighted by molar-refractivity contribution is -0.155. The van der Waals surface area contributed by atoms with Gasteiger partial charge in [-0.15, -0.1) is 0 Å². The number of carbonyl (C=O) groups excluding carboxylic acids is 1. The van der Waals surface area contributed by atoms with Crippen molar-refractivity contribution in [1.82, 2.24) is 0 Å². The van der Waals surface area contributed by atoms with Gasteiger partial charge in [0, 0.05) is 10.7 Å². The van der Waals surface area contributed by atoms with E-state index in [9.17, 15) is 18.0 Å². The minimum atomic E-state index is -4.54. The van der Waals surface area contributed by atoms with Gasteiger partial charge < -0.3 is 14.8 Å². The van der Waals surface area contributed by atoms with E-state index in [1.54, 1.807) is 12.1 Å². The number of carbonyl (C=O) groups is 1. The van der Waals surface area contributed by atoms with Crippen LogP contribution in [0.5, 0.6) is 11.5 Å². The van der Waals surface area contributed by atoms with Crippen LogP contribution >= 0.6 is 11.6 Å². The van der Waals surface area contributed by atoms with E-state index >= 15 is 0 Å². The van der Waals surface area contributed by atoms with Crippen LogP contribution in [0.4, 0.5) is 18.9 Å². The summed E-state index contributed by atoms with van der Waals surface area (Å²) in [5.74, 6) is -0.0114. The molecular weight excluding hydrogens is 383 g/mol. The van der Waals surface area contributed by atoms with E-state index < -0.39 is 23.9 Å². The number of fused-ring (bicyclic) bond motifs is 1. The van der Waals surface area contributed by atoms with Crippen molar-refractivity contribution < 1.29 is 27.4 Å². The third-order valence-electron chi connectivity index (χ3n) is 4.34. The van der Waals surface area contributed by atoms with Gasteiger partial charge in [-0.2, -0.15) is 13.2 Å². The van der Waals surface area contributed by atoms with E-state index in [-0.39, 0.29) is 5.56 Å². The molecule has 0 radical (unpaired) electrons. The van der Waals surface area contributed by atoms with Gasteiger partial charge in [0.15, 0.2) is 11.5 Å². The molecular formula is C19H17ClF3NO3. The van der Waals surface area contributed by atoms with Crippen LogP contribution < -0.4 is 14.8 Å². The van der Waals surface area contributed by atoms with Crippen LogP contribution in [0.1, 0.15) is 18.9 Å². The number of ether oxygens (including phenoxy) is 2. The molecule has 3 rings (SSSR count). The molecule has 4 nitrogen and oxygen atoms in total. The summed E-state index contributed by atoms with van der Waals surface area (Å²) in [4.78, 5) is 12.8. The van der Waals surface area contributed by atoms with E-state index in [1.807, 2.05) is 0 Å². The number of nitrogens with one attached hydrogen (secondary N) is 1. The molecule has 0 fully saturated rings. The van der Waals surface area contributed by atoms with Gasteiger partial charge >= 0.3 is 6.18 Å². The molecule has 1 aliphatic heterocycles. The van der Waals surface area contributed by atoms with Crippen molar-refractivity contribution in [3.8, 4) is 11.5 Å². The van der Waals surface area contributed by atoms with Gasteiger partial charge in [0.25, 0.3) is 0 Å². The number of amides is 1. The Balaban J connectivity index is 1.95. The molecule has 0 aliphatic carbocycles. The quantitative estimate of drug-likeness (QED) is 0.790. The molecule has 0 aromatic heterocycles. The molecule has 1 amide bonds. The van der Waals surface area contributed by atoms with Crippen molar-refractivity contribution in [2.45, 2.75) is 24.9 Å². The standard InChI is InChI=1S/C19H17ClF3NO3/c1-18(11-19(21,22)23,17(25)24-14-5-3-13(20)4-6-14)12-2-7-15-16(10-12)27-9-8-26-15/h2-7,10H,8-9,11H2,1H3,(H,24,25). The first-order valence-electron chi connectivity index (χ1n) is 8.21. The fourth-order valence-electron chi connectivity index (χ4n) is 2.90. The lowest BCUT2D eigenvalue weighted by Gasteiger charge is -2.31. The molecule has 0 saturated carbocycles. The number of anilines is 1. The van der Waals surface area contributed by atoms with E-state index in [0.29, 0.717) is 35.4 Å². The van der Waals surface area contributed by atoms with Gasteiger partial charge in [0.2, 0.25) is 5.91 Å². The second-order valence-corrected chi connectivity index (χ2v) is 6.88. The zero-order chi connectivity index (χ0) is 19.7. The number of hydrogen-bond donors (Lipinski definition) is 1. The zero-order valence-electron chi connectivity index (χ0n) is 14.4. The first-order valence-corrected chi connectivity index (χ1v) is 8.59. The molecule has 27 heavy (non-hydrogen) atoms. The van der Waals surface area contributed by atoms with Crippen LogP contribution in [0.25, 0.3) is 0 Å². The van der Waals surface area contributed by atoms with Crippen molar-refractivity contribution in [2.75, 3.05) is 18.5 Å². The summed E-state index contributed by atoms with van der Waals surface area (Å²) in [6, 6.07) is 10.6. The van der Waals surface area contributed by atoms with Gasteiger partial charge in [-0.05, 0) is 48.9 Å². The highest BCUT2D eigenvalue weighted by atomic mass is 35.5. The normalized spacial score (nSPS) is 15.7. The van der Waals surface area contributed by atoms with Crippen LogP contribution in [0.3, 0.4) is 0 Å². The first-order chi connectivity index (χ1) is 12.7. The molecule has 2 aromatic rings. The third-order valence-corrected chi connectivity index (χ3v) is 4.59. The van der Waals surface area contributed by atoms with Gasteiger partial charge in [-0.1, -0.05) is 17.7 Å². The summed E-state index contributed by atoms with van der Waals surface area (Å²) in [5, 5.41) is 3.00. The van der Waals surface area contributed by atoms with Crippen LogP contribution in [0, 0.1) is 0 Å². The van der Waals surface area contributed by atoms with E-state index in [0.717, 1.165) is 0 Å². The Bertz CT molecular complexity index is 839. The molecule has 1 atom stereocenters. The largest absolute Gasteiger partial charge is 0.486 e. The highest BCUT2D eigenvalue weighted by molar-refractivity contribution is 6.30. The van der Waals surface area contributed by atoms with Crippen LogP contribution in [0.2, 0.25) is 5.02 Å². The van der Waals surface area contributed by atoms with Crippen molar-refractivity contribution in [2.24, 2.45) is 0 Å². The van der Waals surface area contributed by atoms with Crippen LogP contribution in [-0.2, 0) is 10.2 Å². The fraction of sp³-hybridized carbons (Fsp3) is 0.316. The predicted molar refractivity (Wildman–Crippen MR) is 95.5 cm³/mol. The van der Waals surface area contributed by atoms with E-state index in [1.165, 1.54) is 37.3 Å². The van der Waals surface area contributed by atoms with Crippen molar-refractivity contribution >= 4 is 23.2 Å². The summed E-state index contributed by atoms with van der Waals surface area (Å²) in [6.45, 7) is 1.92.